The highest BCUT2D eigenvalue weighted by atomic mass is 16.8. The summed E-state index contributed by atoms with van der Waals surface area (Å²) in [4.78, 5) is 12.5. The van der Waals surface area contributed by atoms with Gasteiger partial charge in [0.2, 0.25) is 5.79 Å². The van der Waals surface area contributed by atoms with Crippen LogP contribution in [0.4, 0.5) is 0 Å². The largest absolute Gasteiger partial charge is 0.431 e. The van der Waals surface area contributed by atoms with Crippen LogP contribution in [-0.4, -0.2) is 42.8 Å². The molecule has 0 spiro atoms. The fraction of sp³-hybridized carbons (Fsp3) is 0.324. The zero-order chi connectivity index (χ0) is 30.6. The predicted octanol–water partition coefficient (Wildman–Crippen LogP) is 6.64. The van der Waals surface area contributed by atoms with Gasteiger partial charge in [-0.1, -0.05) is 121 Å². The molecule has 0 N–H and O–H groups in total. The molecule has 0 saturated carbocycles. The van der Waals surface area contributed by atoms with E-state index >= 15 is 0 Å². The molecule has 0 bridgehead atoms. The molecular formula is C37H40O7. The van der Waals surface area contributed by atoms with Crippen LogP contribution in [0.25, 0.3) is 0 Å². The summed E-state index contributed by atoms with van der Waals surface area (Å²) in [6.45, 7) is 4.54. The molecule has 1 heterocycles. The van der Waals surface area contributed by atoms with Crippen LogP contribution in [0.5, 0.6) is 0 Å². The van der Waals surface area contributed by atoms with E-state index in [-0.39, 0.29) is 13.2 Å². The number of carbonyl (C=O) groups excluding carboxylic acids is 1. The van der Waals surface area contributed by atoms with Crippen molar-refractivity contribution in [3.8, 4) is 0 Å². The van der Waals surface area contributed by atoms with Gasteiger partial charge in [-0.2, -0.15) is 0 Å². The van der Waals surface area contributed by atoms with E-state index in [0.29, 0.717) is 19.8 Å². The van der Waals surface area contributed by atoms with Crippen molar-refractivity contribution in [1.82, 2.24) is 0 Å². The zero-order valence-electron chi connectivity index (χ0n) is 25.2. The Bertz CT molecular complexity index is 1400. The fourth-order valence-corrected chi connectivity index (χ4v) is 5.40. The molecule has 1 saturated heterocycles. The van der Waals surface area contributed by atoms with Crippen LogP contribution in [0, 0.1) is 0 Å². The minimum Gasteiger partial charge on any atom is -0.431 e. The molecule has 0 aromatic heterocycles. The van der Waals surface area contributed by atoms with Gasteiger partial charge in [-0.05, 0) is 22.3 Å². The van der Waals surface area contributed by atoms with Crippen LogP contribution in [0.1, 0.15) is 36.1 Å². The van der Waals surface area contributed by atoms with Crippen molar-refractivity contribution in [3.05, 3.63) is 144 Å². The van der Waals surface area contributed by atoms with Crippen molar-refractivity contribution in [2.75, 3.05) is 6.61 Å². The van der Waals surface area contributed by atoms with Gasteiger partial charge in [0.1, 0.15) is 18.3 Å². The Morgan fingerprint density at radius 3 is 1.48 bits per heavy atom. The number of hydrogen-bond acceptors (Lipinski definition) is 7. The van der Waals surface area contributed by atoms with Crippen LogP contribution in [0.2, 0.25) is 0 Å². The second-order valence-electron chi connectivity index (χ2n) is 11.0. The predicted molar refractivity (Wildman–Crippen MR) is 166 cm³/mol. The molecule has 44 heavy (non-hydrogen) atoms. The molecular weight excluding hydrogens is 556 g/mol. The van der Waals surface area contributed by atoms with E-state index < -0.39 is 36.2 Å². The highest BCUT2D eigenvalue weighted by Gasteiger charge is 2.56. The van der Waals surface area contributed by atoms with Gasteiger partial charge in [0.05, 0.1) is 33.0 Å². The summed E-state index contributed by atoms with van der Waals surface area (Å²) >= 11 is 0. The minimum atomic E-state index is -1.48. The van der Waals surface area contributed by atoms with Crippen LogP contribution in [-0.2, 0) is 59.6 Å². The zero-order valence-corrected chi connectivity index (χ0v) is 25.2. The molecule has 1 fully saturated rings. The SMILES string of the molecule is CC(=O)O[C@@]1(C)O[C@H](COCc2ccccc2)[C@@H](OCc2ccccc2)[C@H](OCc2ccccc2)[C@H]1OCc1ccccc1. The molecule has 0 unspecified atom stereocenters. The van der Waals surface area contributed by atoms with E-state index in [1.54, 1.807) is 6.92 Å². The molecule has 5 atom stereocenters. The lowest BCUT2D eigenvalue weighted by atomic mass is 9.92. The number of carbonyl (C=O) groups is 1. The summed E-state index contributed by atoms with van der Waals surface area (Å²) in [5.41, 5.74) is 4.00. The Morgan fingerprint density at radius 1 is 0.614 bits per heavy atom. The topological polar surface area (TPSA) is 72.5 Å². The molecule has 5 rings (SSSR count). The lowest BCUT2D eigenvalue weighted by molar-refractivity contribution is -0.365. The highest BCUT2D eigenvalue weighted by molar-refractivity contribution is 5.66. The minimum absolute atomic E-state index is 0.182. The monoisotopic (exact) mass is 596 g/mol. The first kappa shape index (κ1) is 31.6. The number of benzene rings is 4. The maximum atomic E-state index is 12.5. The number of esters is 1. The van der Waals surface area contributed by atoms with Crippen LogP contribution < -0.4 is 0 Å². The van der Waals surface area contributed by atoms with Gasteiger partial charge in [-0.15, -0.1) is 0 Å². The maximum Gasteiger partial charge on any atom is 0.305 e. The van der Waals surface area contributed by atoms with E-state index in [1.807, 2.05) is 121 Å². The van der Waals surface area contributed by atoms with Crippen LogP contribution in [0.3, 0.4) is 0 Å². The summed E-state index contributed by atoms with van der Waals surface area (Å²) < 4.78 is 38.5. The van der Waals surface area contributed by atoms with Crippen molar-refractivity contribution >= 4 is 5.97 Å². The second-order valence-corrected chi connectivity index (χ2v) is 11.0. The van der Waals surface area contributed by atoms with E-state index in [2.05, 4.69) is 0 Å². The van der Waals surface area contributed by atoms with Gasteiger partial charge in [-0.25, -0.2) is 0 Å². The van der Waals surface area contributed by atoms with E-state index in [0.717, 1.165) is 22.3 Å². The van der Waals surface area contributed by atoms with Gasteiger partial charge in [0, 0.05) is 13.8 Å². The normalized spacial score (nSPS) is 23.2. The first-order valence-corrected chi connectivity index (χ1v) is 15.0. The van der Waals surface area contributed by atoms with Crippen molar-refractivity contribution in [2.24, 2.45) is 0 Å². The van der Waals surface area contributed by atoms with Crippen LogP contribution in [0.15, 0.2) is 121 Å². The molecule has 0 amide bonds. The van der Waals surface area contributed by atoms with Gasteiger partial charge < -0.3 is 28.4 Å². The first-order valence-electron chi connectivity index (χ1n) is 15.0. The van der Waals surface area contributed by atoms with E-state index in [4.69, 9.17) is 28.4 Å². The van der Waals surface area contributed by atoms with Gasteiger partial charge in [0.25, 0.3) is 0 Å². The Labute approximate surface area is 259 Å². The number of ether oxygens (including phenoxy) is 6. The molecule has 0 aliphatic carbocycles. The average Bonchev–Trinajstić information content (AvgIpc) is 3.04. The third kappa shape index (κ3) is 8.85. The van der Waals surface area contributed by atoms with Crippen molar-refractivity contribution in [2.45, 2.75) is 70.5 Å². The summed E-state index contributed by atoms with van der Waals surface area (Å²) in [7, 11) is 0. The lowest BCUT2D eigenvalue weighted by Gasteiger charge is -2.50. The number of hydrogen-bond donors (Lipinski definition) is 0. The van der Waals surface area contributed by atoms with E-state index in [9.17, 15) is 4.79 Å². The molecule has 1 aliphatic rings. The molecule has 4 aromatic rings. The quantitative estimate of drug-likeness (QED) is 0.151. The third-order valence-electron chi connectivity index (χ3n) is 7.47. The molecule has 1 aliphatic heterocycles. The van der Waals surface area contributed by atoms with Crippen molar-refractivity contribution < 1.29 is 33.2 Å². The molecule has 230 valence electrons. The first-order chi connectivity index (χ1) is 21.5. The molecule has 0 radical (unpaired) electrons. The third-order valence-corrected chi connectivity index (χ3v) is 7.47. The summed E-state index contributed by atoms with van der Waals surface area (Å²) in [5, 5.41) is 0. The standard InChI is InChI=1S/C37H40O7/c1-28(38)43-37(2)36(42-26-32-21-13-6-14-22-32)35(41-25-31-19-11-5-12-20-31)34(40-24-30-17-9-4-10-18-30)33(44-37)27-39-23-29-15-7-3-8-16-29/h3-22,33-36H,23-27H2,1-2H3/t33-,34-,35+,36-,37+/m1/s1. The van der Waals surface area contributed by atoms with Gasteiger partial charge in [-0.3, -0.25) is 4.79 Å². The number of rotatable bonds is 14. The van der Waals surface area contributed by atoms with Gasteiger partial charge in [0.15, 0.2) is 6.10 Å². The van der Waals surface area contributed by atoms with E-state index in [1.165, 1.54) is 6.92 Å². The summed E-state index contributed by atoms with van der Waals surface area (Å²) in [5.74, 6) is -1.97. The Kier molecular flexibility index (Phi) is 11.3. The Hall–Kier alpha value is -3.85. The van der Waals surface area contributed by atoms with Crippen LogP contribution >= 0.6 is 0 Å². The summed E-state index contributed by atoms with van der Waals surface area (Å²) in [6.07, 6.45) is -2.74. The lowest BCUT2D eigenvalue weighted by Crippen LogP contribution is -2.67. The van der Waals surface area contributed by atoms with Crippen molar-refractivity contribution in [1.29, 1.82) is 0 Å². The molecule has 7 heteroatoms. The average molecular weight is 597 g/mol. The Balaban J connectivity index is 1.46. The summed E-state index contributed by atoms with van der Waals surface area (Å²) in [6, 6.07) is 39.6. The smallest absolute Gasteiger partial charge is 0.305 e. The molecule has 4 aromatic carbocycles. The Morgan fingerprint density at radius 2 is 1.02 bits per heavy atom. The van der Waals surface area contributed by atoms with Gasteiger partial charge >= 0.3 is 5.97 Å². The second kappa shape index (κ2) is 15.7. The van der Waals surface area contributed by atoms with Crippen molar-refractivity contribution in [3.63, 3.8) is 0 Å². The fourth-order valence-electron chi connectivity index (χ4n) is 5.40. The molecule has 7 nitrogen and oxygen atoms in total. The maximum absolute atomic E-state index is 12.5. The highest BCUT2D eigenvalue weighted by Crippen LogP contribution is 2.38.